The van der Waals surface area contributed by atoms with Gasteiger partial charge in [-0.25, -0.2) is 24.1 Å². The fourth-order valence-electron chi connectivity index (χ4n) is 4.44. The van der Waals surface area contributed by atoms with Crippen molar-refractivity contribution in [2.75, 3.05) is 39.8 Å². The van der Waals surface area contributed by atoms with Gasteiger partial charge in [0.1, 0.15) is 11.3 Å². The van der Waals surface area contributed by atoms with Crippen LogP contribution in [0.25, 0.3) is 22.6 Å². The van der Waals surface area contributed by atoms with Gasteiger partial charge in [-0.1, -0.05) is 42.5 Å². The molecule has 0 atom stereocenters. The Labute approximate surface area is 203 Å². The van der Waals surface area contributed by atoms with E-state index in [1.165, 1.54) is 14.7 Å². The van der Waals surface area contributed by atoms with Crippen molar-refractivity contribution < 1.29 is 9.53 Å². The molecule has 1 amide bonds. The van der Waals surface area contributed by atoms with Gasteiger partial charge >= 0.3 is 11.7 Å². The Morgan fingerprint density at radius 2 is 1.80 bits per heavy atom. The van der Waals surface area contributed by atoms with Gasteiger partial charge < -0.3 is 9.64 Å². The molecular formula is C26H28N6O3. The zero-order valence-corrected chi connectivity index (χ0v) is 19.9. The quantitative estimate of drug-likeness (QED) is 0.444. The number of aryl methyl sites for hydroxylation is 1. The summed E-state index contributed by atoms with van der Waals surface area (Å²) in [5.74, 6) is 1.15. The van der Waals surface area contributed by atoms with Crippen molar-refractivity contribution in [2.24, 2.45) is 7.05 Å². The van der Waals surface area contributed by atoms with Crippen LogP contribution in [0.5, 0.6) is 5.75 Å². The first kappa shape index (κ1) is 22.8. The van der Waals surface area contributed by atoms with E-state index in [2.05, 4.69) is 39.1 Å². The largest absolute Gasteiger partial charge is 0.497 e. The number of hydrogen-bond donors (Lipinski definition) is 0. The zero-order valence-electron chi connectivity index (χ0n) is 19.9. The summed E-state index contributed by atoms with van der Waals surface area (Å²) in [4.78, 5) is 39.5. The molecule has 0 aliphatic carbocycles. The highest BCUT2D eigenvalue weighted by Gasteiger charge is 2.26. The Kier molecular flexibility index (Phi) is 6.33. The standard InChI is InChI=1S/C26H28N6O3/c1-29-24-22(18-27-23(28-24)20-9-6-10-21(17-20)35-2)32(25(29)33)26(34)31-15-13-30(14-16-31)12-11-19-7-4-3-5-8-19/h3-10,17-18H,11-16H2,1-2H3. The fourth-order valence-corrected chi connectivity index (χ4v) is 4.44. The molecule has 0 saturated carbocycles. The Morgan fingerprint density at radius 1 is 1.03 bits per heavy atom. The number of carbonyl (C=O) groups is 1. The van der Waals surface area contributed by atoms with Gasteiger partial charge in [-0.3, -0.25) is 9.47 Å². The van der Waals surface area contributed by atoms with Crippen molar-refractivity contribution in [3.05, 3.63) is 76.8 Å². The Balaban J connectivity index is 1.33. The lowest BCUT2D eigenvalue weighted by molar-refractivity contribution is 0.141. The number of imidazole rings is 1. The van der Waals surface area contributed by atoms with E-state index in [0.29, 0.717) is 35.8 Å². The van der Waals surface area contributed by atoms with Crippen molar-refractivity contribution >= 4 is 17.2 Å². The summed E-state index contributed by atoms with van der Waals surface area (Å²) >= 11 is 0. The first-order valence-electron chi connectivity index (χ1n) is 11.7. The number of amides is 1. The van der Waals surface area contributed by atoms with Gasteiger partial charge in [-0.15, -0.1) is 0 Å². The van der Waals surface area contributed by atoms with E-state index in [0.717, 1.165) is 31.6 Å². The summed E-state index contributed by atoms with van der Waals surface area (Å²) in [6.07, 6.45) is 2.52. The van der Waals surface area contributed by atoms with Crippen molar-refractivity contribution in [2.45, 2.75) is 6.42 Å². The Hall–Kier alpha value is -3.98. The summed E-state index contributed by atoms with van der Waals surface area (Å²) < 4.78 is 7.87. The second kappa shape index (κ2) is 9.71. The minimum atomic E-state index is -0.423. The van der Waals surface area contributed by atoms with E-state index in [-0.39, 0.29) is 6.03 Å². The molecule has 9 heteroatoms. The van der Waals surface area contributed by atoms with Crippen molar-refractivity contribution in [3.63, 3.8) is 0 Å². The number of nitrogens with zero attached hydrogens (tertiary/aromatic N) is 6. The van der Waals surface area contributed by atoms with E-state index in [9.17, 15) is 9.59 Å². The van der Waals surface area contributed by atoms with Crippen LogP contribution in [-0.4, -0.2) is 74.8 Å². The third kappa shape index (κ3) is 4.54. The van der Waals surface area contributed by atoms with Gasteiger partial charge in [0.2, 0.25) is 0 Å². The lowest BCUT2D eigenvalue weighted by Gasteiger charge is -2.34. The summed E-state index contributed by atoms with van der Waals surface area (Å²) in [6.45, 7) is 3.63. The molecule has 0 bridgehead atoms. The number of ether oxygens (including phenoxy) is 1. The molecule has 0 N–H and O–H groups in total. The number of piperazine rings is 1. The van der Waals surface area contributed by atoms with Crippen LogP contribution in [0.2, 0.25) is 0 Å². The number of fused-ring (bicyclic) bond motifs is 1. The SMILES string of the molecule is COc1cccc(-c2ncc3c(n2)n(C)c(=O)n3C(=O)N2CCN(CCc3ccccc3)CC2)c1. The summed E-state index contributed by atoms with van der Waals surface area (Å²) in [5.41, 5.74) is 2.47. The predicted octanol–water partition coefficient (Wildman–Crippen LogP) is 2.63. The summed E-state index contributed by atoms with van der Waals surface area (Å²) in [5, 5.41) is 0. The normalized spacial score (nSPS) is 14.4. The topological polar surface area (TPSA) is 85.5 Å². The third-order valence-electron chi connectivity index (χ3n) is 6.51. The minimum Gasteiger partial charge on any atom is -0.497 e. The van der Waals surface area contributed by atoms with E-state index < -0.39 is 5.69 Å². The Bertz CT molecular complexity index is 1400. The van der Waals surface area contributed by atoms with Crippen molar-refractivity contribution in [3.8, 4) is 17.1 Å². The molecule has 5 rings (SSSR count). The first-order valence-corrected chi connectivity index (χ1v) is 11.7. The van der Waals surface area contributed by atoms with E-state index in [4.69, 9.17) is 4.74 Å². The highest BCUT2D eigenvalue weighted by atomic mass is 16.5. The smallest absolute Gasteiger partial charge is 0.338 e. The molecular weight excluding hydrogens is 444 g/mol. The maximum absolute atomic E-state index is 13.4. The molecule has 4 aromatic rings. The van der Waals surface area contributed by atoms with Gasteiger partial charge in [-0.2, -0.15) is 0 Å². The molecule has 35 heavy (non-hydrogen) atoms. The number of hydrogen-bond acceptors (Lipinski definition) is 6. The van der Waals surface area contributed by atoms with Crippen LogP contribution in [0.4, 0.5) is 4.79 Å². The highest BCUT2D eigenvalue weighted by Crippen LogP contribution is 2.22. The molecule has 1 aliphatic heterocycles. The molecule has 0 radical (unpaired) electrons. The van der Waals surface area contributed by atoms with Crippen molar-refractivity contribution in [1.82, 2.24) is 28.9 Å². The maximum atomic E-state index is 13.4. The summed E-state index contributed by atoms with van der Waals surface area (Å²) in [6, 6.07) is 17.5. The van der Waals surface area contributed by atoms with Gasteiger partial charge in [0.25, 0.3) is 0 Å². The number of carbonyl (C=O) groups excluding carboxylic acids is 1. The van der Waals surface area contributed by atoms with Crippen molar-refractivity contribution in [1.29, 1.82) is 0 Å². The molecule has 2 aromatic carbocycles. The fraction of sp³-hybridized carbons (Fsp3) is 0.308. The molecule has 0 spiro atoms. The van der Waals surface area contributed by atoms with Crippen LogP contribution in [-0.2, 0) is 13.5 Å². The van der Waals surface area contributed by atoms with E-state index in [1.807, 2.05) is 30.3 Å². The lowest BCUT2D eigenvalue weighted by Crippen LogP contribution is -2.51. The molecule has 180 valence electrons. The number of rotatable bonds is 5. The van der Waals surface area contributed by atoms with Gasteiger partial charge in [0.05, 0.1) is 13.3 Å². The minimum absolute atomic E-state index is 0.332. The van der Waals surface area contributed by atoms with Gasteiger partial charge in [0.15, 0.2) is 11.5 Å². The van der Waals surface area contributed by atoms with Crippen LogP contribution in [0, 0.1) is 0 Å². The highest BCUT2D eigenvalue weighted by molar-refractivity contribution is 5.88. The van der Waals surface area contributed by atoms with E-state index >= 15 is 0 Å². The molecule has 1 saturated heterocycles. The average Bonchev–Trinajstić information content (AvgIpc) is 3.17. The third-order valence-corrected chi connectivity index (χ3v) is 6.51. The van der Waals surface area contributed by atoms with E-state index in [1.54, 1.807) is 25.3 Å². The maximum Gasteiger partial charge on any atom is 0.338 e. The molecule has 3 heterocycles. The molecule has 1 aliphatic rings. The second-order valence-electron chi connectivity index (χ2n) is 8.66. The molecule has 9 nitrogen and oxygen atoms in total. The van der Waals surface area contributed by atoms with Crippen LogP contribution >= 0.6 is 0 Å². The zero-order chi connectivity index (χ0) is 24.4. The lowest BCUT2D eigenvalue weighted by atomic mass is 10.1. The van der Waals surface area contributed by atoms with Gasteiger partial charge in [-0.05, 0) is 24.1 Å². The van der Waals surface area contributed by atoms with Crippen LogP contribution in [0.1, 0.15) is 5.56 Å². The number of aromatic nitrogens is 4. The molecule has 2 aromatic heterocycles. The van der Waals surface area contributed by atoms with Crippen LogP contribution < -0.4 is 10.4 Å². The molecule has 1 fully saturated rings. The first-order chi connectivity index (χ1) is 17.0. The van der Waals surface area contributed by atoms with Gasteiger partial charge in [0, 0.05) is 45.3 Å². The second-order valence-corrected chi connectivity index (χ2v) is 8.66. The molecule has 0 unspecified atom stereocenters. The predicted molar refractivity (Wildman–Crippen MR) is 134 cm³/mol. The number of methoxy groups -OCH3 is 1. The number of benzene rings is 2. The average molecular weight is 473 g/mol. The summed E-state index contributed by atoms with van der Waals surface area (Å²) in [7, 11) is 3.22. The van der Waals surface area contributed by atoms with Crippen LogP contribution in [0.15, 0.2) is 65.6 Å². The Morgan fingerprint density at radius 3 is 2.54 bits per heavy atom. The monoisotopic (exact) mass is 472 g/mol. The van der Waals surface area contributed by atoms with Crippen LogP contribution in [0.3, 0.4) is 0 Å².